The zero-order valence-electron chi connectivity index (χ0n) is 9.29. The predicted molar refractivity (Wildman–Crippen MR) is 63.8 cm³/mol. The van der Waals surface area contributed by atoms with Gasteiger partial charge in [0.25, 0.3) is 5.56 Å². The zero-order chi connectivity index (χ0) is 13.1. The van der Waals surface area contributed by atoms with Gasteiger partial charge in [-0.3, -0.25) is 14.3 Å². The van der Waals surface area contributed by atoms with Gasteiger partial charge in [-0.1, -0.05) is 12.1 Å². The molecule has 0 unspecified atom stereocenters. The fourth-order valence-corrected chi connectivity index (χ4v) is 1.52. The lowest BCUT2D eigenvalue weighted by Crippen LogP contribution is -2.28. The molecule has 18 heavy (non-hydrogen) atoms. The number of aromatic amines is 1. The molecule has 0 saturated heterocycles. The number of carboxylic acid groups (broad SMARTS) is 1. The Morgan fingerprint density at radius 2 is 1.83 bits per heavy atom. The first-order valence-electron chi connectivity index (χ1n) is 5.18. The summed E-state index contributed by atoms with van der Waals surface area (Å²) in [7, 11) is 0. The van der Waals surface area contributed by atoms with Crippen LogP contribution in [0.15, 0.2) is 46.1 Å². The second kappa shape index (κ2) is 4.70. The third kappa shape index (κ3) is 2.54. The number of rotatable bonds is 3. The Balaban J connectivity index is 2.26. The van der Waals surface area contributed by atoms with E-state index in [1.54, 1.807) is 12.1 Å². The summed E-state index contributed by atoms with van der Waals surface area (Å²) in [5.74, 6) is -0.997. The maximum atomic E-state index is 11.4. The van der Waals surface area contributed by atoms with Crippen LogP contribution in [0.25, 0.3) is 0 Å². The third-order valence-electron chi connectivity index (χ3n) is 2.45. The van der Waals surface area contributed by atoms with Crippen molar-refractivity contribution >= 4 is 5.97 Å². The number of aromatic nitrogens is 2. The van der Waals surface area contributed by atoms with Crippen LogP contribution in [0.2, 0.25) is 0 Å². The SMILES string of the molecule is O=C(O)c1ccc(Cn2ccc(=O)[nH]c2=O)cc1. The molecule has 0 aliphatic rings. The van der Waals surface area contributed by atoms with Gasteiger partial charge in [-0.2, -0.15) is 0 Å². The fraction of sp³-hybridized carbons (Fsp3) is 0.0833. The normalized spacial score (nSPS) is 10.2. The van der Waals surface area contributed by atoms with Gasteiger partial charge in [-0.15, -0.1) is 0 Å². The van der Waals surface area contributed by atoms with Crippen molar-refractivity contribution < 1.29 is 9.90 Å². The number of hydrogen-bond acceptors (Lipinski definition) is 3. The summed E-state index contributed by atoms with van der Waals surface area (Å²) in [4.78, 5) is 35.1. The lowest BCUT2D eigenvalue weighted by atomic mass is 10.1. The summed E-state index contributed by atoms with van der Waals surface area (Å²) in [6.07, 6.45) is 1.40. The molecule has 0 saturated carbocycles. The maximum absolute atomic E-state index is 11.4. The summed E-state index contributed by atoms with van der Waals surface area (Å²) in [5.41, 5.74) is 0.0176. The molecule has 6 heteroatoms. The number of H-pyrrole nitrogens is 1. The van der Waals surface area contributed by atoms with E-state index in [1.807, 2.05) is 0 Å². The Labute approximate surface area is 101 Å². The van der Waals surface area contributed by atoms with Crippen LogP contribution in [-0.4, -0.2) is 20.6 Å². The number of carboxylic acids is 1. The van der Waals surface area contributed by atoms with Crippen molar-refractivity contribution in [1.29, 1.82) is 0 Å². The molecule has 0 amide bonds. The maximum Gasteiger partial charge on any atom is 0.335 e. The Hall–Kier alpha value is -2.63. The van der Waals surface area contributed by atoms with Crippen LogP contribution in [0, 0.1) is 0 Å². The van der Waals surface area contributed by atoms with Crippen LogP contribution < -0.4 is 11.2 Å². The van der Waals surface area contributed by atoms with Gasteiger partial charge in [0, 0.05) is 12.3 Å². The second-order valence-corrected chi connectivity index (χ2v) is 3.74. The summed E-state index contributed by atoms with van der Waals surface area (Å²) in [5, 5.41) is 8.75. The molecule has 2 aromatic rings. The number of carbonyl (C=O) groups is 1. The van der Waals surface area contributed by atoms with Crippen molar-refractivity contribution in [3.8, 4) is 0 Å². The van der Waals surface area contributed by atoms with Crippen LogP contribution in [0.1, 0.15) is 15.9 Å². The number of hydrogen-bond donors (Lipinski definition) is 2. The van der Waals surface area contributed by atoms with E-state index in [1.165, 1.54) is 29.0 Å². The average Bonchev–Trinajstić information content (AvgIpc) is 2.33. The van der Waals surface area contributed by atoms with Gasteiger partial charge in [0.2, 0.25) is 0 Å². The van der Waals surface area contributed by atoms with Crippen molar-refractivity contribution in [3.63, 3.8) is 0 Å². The second-order valence-electron chi connectivity index (χ2n) is 3.74. The van der Waals surface area contributed by atoms with Gasteiger partial charge in [-0.05, 0) is 17.7 Å². The van der Waals surface area contributed by atoms with Crippen LogP contribution in [0.4, 0.5) is 0 Å². The molecule has 0 aliphatic heterocycles. The molecule has 0 bridgehead atoms. The van der Waals surface area contributed by atoms with E-state index in [0.29, 0.717) is 0 Å². The molecule has 2 N–H and O–H groups in total. The van der Waals surface area contributed by atoms with Crippen molar-refractivity contribution in [2.24, 2.45) is 0 Å². The van der Waals surface area contributed by atoms with E-state index >= 15 is 0 Å². The first-order chi connectivity index (χ1) is 8.56. The zero-order valence-corrected chi connectivity index (χ0v) is 9.29. The van der Waals surface area contributed by atoms with Crippen molar-refractivity contribution in [1.82, 2.24) is 9.55 Å². The van der Waals surface area contributed by atoms with Crippen molar-refractivity contribution in [3.05, 3.63) is 68.5 Å². The Morgan fingerprint density at radius 3 is 2.39 bits per heavy atom. The molecule has 0 atom stereocenters. The molecular formula is C12H10N2O4. The summed E-state index contributed by atoms with van der Waals surface area (Å²) < 4.78 is 1.33. The lowest BCUT2D eigenvalue weighted by Gasteiger charge is -2.04. The van der Waals surface area contributed by atoms with Crippen LogP contribution in [0.3, 0.4) is 0 Å². The highest BCUT2D eigenvalue weighted by Crippen LogP contribution is 2.05. The number of nitrogens with zero attached hydrogens (tertiary/aromatic N) is 1. The van der Waals surface area contributed by atoms with Gasteiger partial charge in [0.15, 0.2) is 0 Å². The molecule has 0 aliphatic carbocycles. The van der Waals surface area contributed by atoms with E-state index in [2.05, 4.69) is 4.98 Å². The fourth-order valence-electron chi connectivity index (χ4n) is 1.52. The summed E-state index contributed by atoms with van der Waals surface area (Å²) in [6, 6.07) is 7.44. The molecule has 1 aromatic heterocycles. The van der Waals surface area contributed by atoms with E-state index in [-0.39, 0.29) is 12.1 Å². The monoisotopic (exact) mass is 246 g/mol. The molecule has 1 aromatic carbocycles. The number of nitrogens with one attached hydrogen (secondary N) is 1. The minimum Gasteiger partial charge on any atom is -0.478 e. The molecule has 1 heterocycles. The summed E-state index contributed by atoms with van der Waals surface area (Å²) in [6.45, 7) is 0.273. The standard InChI is InChI=1S/C12H10N2O4/c15-10-5-6-14(12(18)13-10)7-8-1-3-9(4-2-8)11(16)17/h1-6H,7H2,(H,16,17)(H,13,15,18). The molecular weight excluding hydrogens is 236 g/mol. The minimum absolute atomic E-state index is 0.188. The molecule has 0 fully saturated rings. The van der Waals surface area contributed by atoms with Crippen LogP contribution >= 0.6 is 0 Å². The van der Waals surface area contributed by atoms with Gasteiger partial charge >= 0.3 is 11.7 Å². The Kier molecular flexibility index (Phi) is 3.09. The van der Waals surface area contributed by atoms with Crippen molar-refractivity contribution in [2.75, 3.05) is 0 Å². The predicted octanol–water partition coefficient (Wildman–Crippen LogP) is 0.283. The van der Waals surface area contributed by atoms with E-state index in [0.717, 1.165) is 5.56 Å². The van der Waals surface area contributed by atoms with Gasteiger partial charge < -0.3 is 5.11 Å². The van der Waals surface area contributed by atoms with Crippen LogP contribution in [0.5, 0.6) is 0 Å². The molecule has 6 nitrogen and oxygen atoms in total. The largest absolute Gasteiger partial charge is 0.478 e. The van der Waals surface area contributed by atoms with E-state index in [9.17, 15) is 14.4 Å². The van der Waals surface area contributed by atoms with E-state index in [4.69, 9.17) is 5.11 Å². The minimum atomic E-state index is -0.997. The lowest BCUT2D eigenvalue weighted by molar-refractivity contribution is 0.0697. The average molecular weight is 246 g/mol. The van der Waals surface area contributed by atoms with Gasteiger partial charge in [0.05, 0.1) is 12.1 Å². The summed E-state index contributed by atoms with van der Waals surface area (Å²) >= 11 is 0. The molecule has 0 radical (unpaired) electrons. The first kappa shape index (κ1) is 11.8. The van der Waals surface area contributed by atoms with E-state index < -0.39 is 17.2 Å². The Morgan fingerprint density at radius 1 is 1.17 bits per heavy atom. The third-order valence-corrected chi connectivity index (χ3v) is 2.45. The highest BCUT2D eigenvalue weighted by atomic mass is 16.4. The molecule has 92 valence electrons. The molecule has 2 rings (SSSR count). The first-order valence-corrected chi connectivity index (χ1v) is 5.18. The Bertz CT molecular complexity index is 682. The number of aromatic carboxylic acids is 1. The highest BCUT2D eigenvalue weighted by Gasteiger charge is 2.03. The smallest absolute Gasteiger partial charge is 0.335 e. The quantitative estimate of drug-likeness (QED) is 0.813. The number of benzene rings is 1. The highest BCUT2D eigenvalue weighted by molar-refractivity contribution is 5.87. The van der Waals surface area contributed by atoms with Crippen molar-refractivity contribution in [2.45, 2.75) is 6.54 Å². The van der Waals surface area contributed by atoms with Gasteiger partial charge in [0.1, 0.15) is 0 Å². The van der Waals surface area contributed by atoms with Crippen LogP contribution in [-0.2, 0) is 6.54 Å². The van der Waals surface area contributed by atoms with Gasteiger partial charge in [-0.25, -0.2) is 9.59 Å². The topological polar surface area (TPSA) is 92.2 Å². The molecule has 0 spiro atoms.